The summed E-state index contributed by atoms with van der Waals surface area (Å²) in [6.45, 7) is 2.26. The van der Waals surface area contributed by atoms with Crippen LogP contribution >= 0.6 is 0 Å². The van der Waals surface area contributed by atoms with E-state index in [-0.39, 0.29) is 15.5 Å². The molecule has 1 aliphatic heterocycles. The second-order valence-electron chi connectivity index (χ2n) is 5.53. The number of rotatable bonds is 5. The molecule has 1 aromatic carbocycles. The molecule has 8 nitrogen and oxygen atoms in total. The molecular formula is C14H18N4O4S2. The first-order valence-electron chi connectivity index (χ1n) is 7.56. The molecular weight excluding hydrogens is 352 g/mol. The number of hydrogen-bond donors (Lipinski definition) is 1. The zero-order chi connectivity index (χ0) is 17.4. The monoisotopic (exact) mass is 370 g/mol. The molecule has 0 amide bonds. The SMILES string of the molecule is CCS(=O)(=O)c1ccc(S(=O)(=O)NC2CCCn3ncnc32)cc1. The number of aromatic nitrogens is 3. The molecule has 0 saturated heterocycles. The van der Waals surface area contributed by atoms with Crippen LogP contribution in [-0.4, -0.2) is 37.4 Å². The largest absolute Gasteiger partial charge is 0.248 e. The van der Waals surface area contributed by atoms with E-state index in [9.17, 15) is 16.8 Å². The number of sulfone groups is 1. The van der Waals surface area contributed by atoms with Crippen molar-refractivity contribution >= 4 is 19.9 Å². The van der Waals surface area contributed by atoms with E-state index >= 15 is 0 Å². The van der Waals surface area contributed by atoms with Gasteiger partial charge >= 0.3 is 0 Å². The number of nitrogens with zero attached hydrogens (tertiary/aromatic N) is 3. The van der Waals surface area contributed by atoms with Gasteiger partial charge in [0.05, 0.1) is 21.6 Å². The Kier molecular flexibility index (Phi) is 4.45. The highest BCUT2D eigenvalue weighted by Gasteiger charge is 2.27. The van der Waals surface area contributed by atoms with Crippen LogP contribution in [0.1, 0.15) is 31.6 Å². The Bertz CT molecular complexity index is 933. The number of sulfonamides is 1. The summed E-state index contributed by atoms with van der Waals surface area (Å²) >= 11 is 0. The molecule has 1 aliphatic rings. The second kappa shape index (κ2) is 6.26. The van der Waals surface area contributed by atoms with Crippen LogP contribution in [0, 0.1) is 0 Å². The van der Waals surface area contributed by atoms with Gasteiger partial charge in [0, 0.05) is 6.54 Å². The van der Waals surface area contributed by atoms with Crippen LogP contribution in [0.3, 0.4) is 0 Å². The first-order valence-corrected chi connectivity index (χ1v) is 10.7. The number of nitrogens with one attached hydrogen (secondary N) is 1. The highest BCUT2D eigenvalue weighted by Crippen LogP contribution is 2.25. The van der Waals surface area contributed by atoms with Gasteiger partial charge in [0.15, 0.2) is 9.84 Å². The van der Waals surface area contributed by atoms with Crippen molar-refractivity contribution in [1.29, 1.82) is 0 Å². The van der Waals surface area contributed by atoms with Crippen LogP contribution in [0.2, 0.25) is 0 Å². The van der Waals surface area contributed by atoms with Crippen molar-refractivity contribution in [3.63, 3.8) is 0 Å². The Morgan fingerprint density at radius 2 is 1.83 bits per heavy atom. The summed E-state index contributed by atoms with van der Waals surface area (Å²) < 4.78 is 53.0. The van der Waals surface area contributed by atoms with E-state index in [1.54, 1.807) is 11.6 Å². The van der Waals surface area contributed by atoms with E-state index in [0.717, 1.165) is 13.0 Å². The van der Waals surface area contributed by atoms with Gasteiger partial charge in [-0.3, -0.25) is 0 Å². The van der Waals surface area contributed by atoms with Crippen molar-refractivity contribution in [1.82, 2.24) is 19.5 Å². The van der Waals surface area contributed by atoms with E-state index in [1.807, 2.05) is 0 Å². The summed E-state index contributed by atoms with van der Waals surface area (Å²) in [5.74, 6) is 0.560. The van der Waals surface area contributed by atoms with Crippen molar-refractivity contribution in [2.24, 2.45) is 0 Å². The summed E-state index contributed by atoms with van der Waals surface area (Å²) in [6, 6.07) is 4.80. The minimum atomic E-state index is -3.78. The van der Waals surface area contributed by atoms with Crippen LogP contribution in [0.25, 0.3) is 0 Å². The van der Waals surface area contributed by atoms with Crippen molar-refractivity contribution in [2.75, 3.05) is 5.75 Å². The Morgan fingerprint density at radius 1 is 1.17 bits per heavy atom. The number of aryl methyl sites for hydroxylation is 1. The minimum Gasteiger partial charge on any atom is -0.248 e. The van der Waals surface area contributed by atoms with Crippen molar-refractivity contribution in [3.05, 3.63) is 36.4 Å². The molecule has 2 aromatic rings. The summed E-state index contributed by atoms with van der Waals surface area (Å²) in [4.78, 5) is 4.25. The highest BCUT2D eigenvalue weighted by molar-refractivity contribution is 7.91. The van der Waals surface area contributed by atoms with Crippen molar-refractivity contribution in [2.45, 2.75) is 42.1 Å². The molecule has 0 bridgehead atoms. The molecule has 10 heteroatoms. The van der Waals surface area contributed by atoms with Gasteiger partial charge in [0.1, 0.15) is 12.2 Å². The zero-order valence-corrected chi connectivity index (χ0v) is 14.7. The molecule has 1 aromatic heterocycles. The van der Waals surface area contributed by atoms with Gasteiger partial charge < -0.3 is 0 Å². The molecule has 1 atom stereocenters. The molecule has 24 heavy (non-hydrogen) atoms. The predicted molar refractivity (Wildman–Crippen MR) is 86.5 cm³/mol. The third-order valence-corrected chi connectivity index (χ3v) is 7.23. The molecule has 1 N–H and O–H groups in total. The molecule has 0 radical (unpaired) electrons. The lowest BCUT2D eigenvalue weighted by Crippen LogP contribution is -2.33. The van der Waals surface area contributed by atoms with Crippen LogP contribution in [0.5, 0.6) is 0 Å². The molecule has 2 heterocycles. The Balaban J connectivity index is 1.85. The first-order chi connectivity index (χ1) is 11.3. The lowest BCUT2D eigenvalue weighted by molar-refractivity contribution is 0.400. The number of fused-ring (bicyclic) bond motifs is 1. The molecule has 0 saturated carbocycles. The maximum Gasteiger partial charge on any atom is 0.241 e. The topological polar surface area (TPSA) is 111 Å². The third-order valence-electron chi connectivity index (χ3n) is 3.99. The second-order valence-corrected chi connectivity index (χ2v) is 9.52. The molecule has 3 rings (SSSR count). The van der Waals surface area contributed by atoms with Crippen LogP contribution in [-0.2, 0) is 26.4 Å². The van der Waals surface area contributed by atoms with Gasteiger partial charge in [-0.25, -0.2) is 31.2 Å². The van der Waals surface area contributed by atoms with Gasteiger partial charge in [-0.1, -0.05) is 6.92 Å². The predicted octanol–water partition coefficient (Wildman–Crippen LogP) is 0.885. The van der Waals surface area contributed by atoms with E-state index < -0.39 is 25.9 Å². The maximum atomic E-state index is 12.5. The van der Waals surface area contributed by atoms with Gasteiger partial charge in [-0.2, -0.15) is 5.10 Å². The molecule has 0 fully saturated rings. The fourth-order valence-electron chi connectivity index (χ4n) is 2.65. The molecule has 130 valence electrons. The average Bonchev–Trinajstić information content (AvgIpc) is 3.04. The fraction of sp³-hybridized carbons (Fsp3) is 0.429. The average molecular weight is 370 g/mol. The van der Waals surface area contributed by atoms with Gasteiger partial charge in [-0.15, -0.1) is 0 Å². The maximum absolute atomic E-state index is 12.5. The zero-order valence-electron chi connectivity index (χ0n) is 13.1. The molecule has 0 aliphatic carbocycles. The highest BCUT2D eigenvalue weighted by atomic mass is 32.2. The Morgan fingerprint density at radius 3 is 2.50 bits per heavy atom. The summed E-state index contributed by atoms with van der Waals surface area (Å²) in [5, 5.41) is 4.06. The smallest absolute Gasteiger partial charge is 0.241 e. The molecule has 1 unspecified atom stereocenters. The summed E-state index contributed by atoms with van der Waals surface area (Å²) in [6.07, 6.45) is 2.85. The lowest BCUT2D eigenvalue weighted by Gasteiger charge is -2.23. The normalized spacial score (nSPS) is 18.3. The van der Waals surface area contributed by atoms with Crippen LogP contribution in [0.15, 0.2) is 40.4 Å². The van der Waals surface area contributed by atoms with Crippen LogP contribution < -0.4 is 4.72 Å². The Labute approximate surface area is 140 Å². The first kappa shape index (κ1) is 17.1. The number of hydrogen-bond acceptors (Lipinski definition) is 6. The van der Waals surface area contributed by atoms with Crippen molar-refractivity contribution in [3.8, 4) is 0 Å². The lowest BCUT2D eigenvalue weighted by atomic mass is 10.1. The third kappa shape index (κ3) is 3.21. The summed E-state index contributed by atoms with van der Waals surface area (Å²) in [7, 11) is -7.13. The van der Waals surface area contributed by atoms with E-state index in [1.165, 1.54) is 30.6 Å². The van der Waals surface area contributed by atoms with Gasteiger partial charge in [0.2, 0.25) is 10.0 Å². The van der Waals surface area contributed by atoms with E-state index in [2.05, 4.69) is 14.8 Å². The minimum absolute atomic E-state index is 0.0224. The van der Waals surface area contributed by atoms with Crippen molar-refractivity contribution < 1.29 is 16.8 Å². The van der Waals surface area contributed by atoms with Crippen LogP contribution in [0.4, 0.5) is 0 Å². The van der Waals surface area contributed by atoms with Gasteiger partial charge in [0.25, 0.3) is 0 Å². The van der Waals surface area contributed by atoms with E-state index in [0.29, 0.717) is 12.2 Å². The van der Waals surface area contributed by atoms with E-state index in [4.69, 9.17) is 0 Å². The summed E-state index contributed by atoms with van der Waals surface area (Å²) in [5.41, 5.74) is 0. The van der Waals surface area contributed by atoms with Gasteiger partial charge in [-0.05, 0) is 37.1 Å². The quantitative estimate of drug-likeness (QED) is 0.836. The number of benzene rings is 1. The standard InChI is InChI=1S/C14H18N4O4S2/c1-2-23(19,20)11-5-7-12(8-6-11)24(21,22)17-13-4-3-9-18-14(13)15-10-16-18/h5-8,10,13,17H,2-4,9H2,1H3. The fourth-order valence-corrected chi connectivity index (χ4v) is 4.76. The molecule has 0 spiro atoms. The Hall–Kier alpha value is -1.78.